The molecule has 0 fully saturated rings. The number of nitriles is 1. The average Bonchev–Trinajstić information content (AvgIpc) is 2.91. The van der Waals surface area contributed by atoms with Gasteiger partial charge in [-0.05, 0) is 67.5 Å². The standard InChI is InChI=1S/C16H22N2S/c1-2-16(18,12-17)9-4-10-19-15-8-7-13-5-3-6-14(13)11-15/h7-8,11H,2-6,9-10,18H2,1H3. The number of nitrogens with zero attached hydrogens (tertiary/aromatic N) is 1. The number of thioether (sulfide) groups is 1. The van der Waals surface area contributed by atoms with E-state index in [2.05, 4.69) is 24.3 Å². The van der Waals surface area contributed by atoms with Crippen LogP contribution in [0.1, 0.15) is 43.7 Å². The Bertz CT molecular complexity index is 478. The minimum atomic E-state index is -0.626. The number of hydrogen-bond donors (Lipinski definition) is 1. The maximum atomic E-state index is 9.03. The molecule has 0 aliphatic heterocycles. The Morgan fingerprint density at radius 1 is 1.37 bits per heavy atom. The highest BCUT2D eigenvalue weighted by atomic mass is 32.2. The molecule has 1 aromatic rings. The third kappa shape index (κ3) is 3.75. The largest absolute Gasteiger partial charge is 0.313 e. The Labute approximate surface area is 120 Å². The predicted molar refractivity (Wildman–Crippen MR) is 81.2 cm³/mol. The van der Waals surface area contributed by atoms with Gasteiger partial charge in [0.15, 0.2) is 0 Å². The molecule has 0 bridgehead atoms. The Hall–Kier alpha value is -0.980. The first kappa shape index (κ1) is 14.4. The number of fused-ring (bicyclic) bond motifs is 1. The molecule has 0 amide bonds. The van der Waals surface area contributed by atoms with Crippen molar-refractivity contribution in [1.29, 1.82) is 5.26 Å². The van der Waals surface area contributed by atoms with Crippen molar-refractivity contribution in [2.24, 2.45) is 5.73 Å². The van der Waals surface area contributed by atoms with Gasteiger partial charge in [-0.1, -0.05) is 13.0 Å². The van der Waals surface area contributed by atoms with E-state index in [1.54, 1.807) is 0 Å². The Morgan fingerprint density at radius 2 is 2.16 bits per heavy atom. The monoisotopic (exact) mass is 274 g/mol. The number of hydrogen-bond acceptors (Lipinski definition) is 3. The van der Waals surface area contributed by atoms with Crippen LogP contribution in [0.3, 0.4) is 0 Å². The van der Waals surface area contributed by atoms with E-state index >= 15 is 0 Å². The van der Waals surface area contributed by atoms with E-state index in [0.717, 1.165) is 25.0 Å². The molecule has 102 valence electrons. The maximum absolute atomic E-state index is 9.03. The molecule has 0 radical (unpaired) electrons. The van der Waals surface area contributed by atoms with Crippen LogP contribution < -0.4 is 5.73 Å². The second-order valence-electron chi connectivity index (χ2n) is 5.36. The van der Waals surface area contributed by atoms with Gasteiger partial charge >= 0.3 is 0 Å². The third-order valence-corrected chi connectivity index (χ3v) is 5.04. The number of nitrogens with two attached hydrogens (primary N) is 1. The van der Waals surface area contributed by atoms with Crippen LogP contribution in [0.2, 0.25) is 0 Å². The summed E-state index contributed by atoms with van der Waals surface area (Å²) in [7, 11) is 0. The van der Waals surface area contributed by atoms with Crippen LogP contribution in [0.15, 0.2) is 23.1 Å². The summed E-state index contributed by atoms with van der Waals surface area (Å²) >= 11 is 1.88. The van der Waals surface area contributed by atoms with Gasteiger partial charge < -0.3 is 5.73 Å². The van der Waals surface area contributed by atoms with Crippen LogP contribution in [0.25, 0.3) is 0 Å². The first-order valence-corrected chi connectivity index (χ1v) is 8.10. The van der Waals surface area contributed by atoms with Crippen molar-refractivity contribution in [2.75, 3.05) is 5.75 Å². The fourth-order valence-corrected chi connectivity index (χ4v) is 3.44. The first-order valence-electron chi connectivity index (χ1n) is 7.11. The Balaban J connectivity index is 1.79. The summed E-state index contributed by atoms with van der Waals surface area (Å²) in [4.78, 5) is 1.36. The molecule has 1 unspecified atom stereocenters. The Kier molecular flexibility index (Phi) is 4.90. The summed E-state index contributed by atoms with van der Waals surface area (Å²) in [5.41, 5.74) is 8.41. The summed E-state index contributed by atoms with van der Waals surface area (Å²) in [6.07, 6.45) is 6.30. The number of aryl methyl sites for hydroxylation is 2. The van der Waals surface area contributed by atoms with Gasteiger partial charge in [-0.2, -0.15) is 5.26 Å². The molecular formula is C16H22N2S. The molecule has 2 N–H and O–H groups in total. The van der Waals surface area contributed by atoms with Crippen LogP contribution in [0.5, 0.6) is 0 Å². The van der Waals surface area contributed by atoms with Crippen molar-refractivity contribution in [1.82, 2.24) is 0 Å². The fourth-order valence-electron chi connectivity index (χ4n) is 2.53. The zero-order valence-corrected chi connectivity index (χ0v) is 12.4. The van der Waals surface area contributed by atoms with Crippen LogP contribution >= 0.6 is 11.8 Å². The van der Waals surface area contributed by atoms with Crippen LogP contribution in [-0.4, -0.2) is 11.3 Å². The summed E-state index contributed by atoms with van der Waals surface area (Å²) in [6.45, 7) is 1.98. The highest BCUT2D eigenvalue weighted by molar-refractivity contribution is 7.99. The molecule has 2 rings (SSSR count). The highest BCUT2D eigenvalue weighted by Gasteiger charge is 2.20. The van der Waals surface area contributed by atoms with Gasteiger partial charge in [-0.3, -0.25) is 0 Å². The molecule has 0 spiro atoms. The fraction of sp³-hybridized carbons (Fsp3) is 0.562. The minimum absolute atomic E-state index is 0.626. The van der Waals surface area contributed by atoms with E-state index in [-0.39, 0.29) is 0 Å². The molecule has 1 aromatic carbocycles. The lowest BCUT2D eigenvalue weighted by molar-refractivity contribution is 0.478. The Morgan fingerprint density at radius 3 is 2.89 bits per heavy atom. The van der Waals surface area contributed by atoms with E-state index in [1.165, 1.54) is 35.3 Å². The van der Waals surface area contributed by atoms with Crippen molar-refractivity contribution < 1.29 is 0 Å². The van der Waals surface area contributed by atoms with Gasteiger partial charge in [0.05, 0.1) is 6.07 Å². The van der Waals surface area contributed by atoms with E-state index in [9.17, 15) is 0 Å². The zero-order chi connectivity index (χ0) is 13.7. The highest BCUT2D eigenvalue weighted by Crippen LogP contribution is 2.28. The third-order valence-electron chi connectivity index (χ3n) is 3.96. The van der Waals surface area contributed by atoms with E-state index in [0.29, 0.717) is 0 Å². The summed E-state index contributed by atoms with van der Waals surface area (Å²) < 4.78 is 0. The normalized spacial score (nSPS) is 16.7. The van der Waals surface area contributed by atoms with Gasteiger partial charge in [0.25, 0.3) is 0 Å². The molecule has 1 atom stereocenters. The van der Waals surface area contributed by atoms with Crippen LogP contribution in [0.4, 0.5) is 0 Å². The molecule has 3 heteroatoms. The predicted octanol–water partition coefficient (Wildman–Crippen LogP) is 3.68. The molecular weight excluding hydrogens is 252 g/mol. The van der Waals surface area contributed by atoms with Gasteiger partial charge in [0, 0.05) is 4.90 Å². The lowest BCUT2D eigenvalue weighted by Gasteiger charge is -2.18. The topological polar surface area (TPSA) is 49.8 Å². The number of benzene rings is 1. The van der Waals surface area contributed by atoms with Crippen molar-refractivity contribution in [3.05, 3.63) is 29.3 Å². The van der Waals surface area contributed by atoms with Crippen molar-refractivity contribution in [3.63, 3.8) is 0 Å². The quantitative estimate of drug-likeness (QED) is 0.636. The molecule has 0 aromatic heterocycles. The van der Waals surface area contributed by atoms with Gasteiger partial charge in [-0.25, -0.2) is 0 Å². The lowest BCUT2D eigenvalue weighted by Crippen LogP contribution is -2.37. The molecule has 1 aliphatic rings. The van der Waals surface area contributed by atoms with Crippen molar-refractivity contribution in [2.45, 2.75) is 55.9 Å². The van der Waals surface area contributed by atoms with Gasteiger partial charge in [-0.15, -0.1) is 11.8 Å². The van der Waals surface area contributed by atoms with E-state index < -0.39 is 5.54 Å². The molecule has 0 saturated heterocycles. The van der Waals surface area contributed by atoms with E-state index in [1.807, 2.05) is 18.7 Å². The van der Waals surface area contributed by atoms with Gasteiger partial charge in [0.1, 0.15) is 5.54 Å². The maximum Gasteiger partial charge on any atom is 0.104 e. The van der Waals surface area contributed by atoms with Crippen LogP contribution in [-0.2, 0) is 12.8 Å². The zero-order valence-electron chi connectivity index (χ0n) is 11.6. The molecule has 2 nitrogen and oxygen atoms in total. The SMILES string of the molecule is CCC(N)(C#N)CCCSc1ccc2c(c1)CCC2. The lowest BCUT2D eigenvalue weighted by atomic mass is 9.94. The van der Waals surface area contributed by atoms with Crippen LogP contribution in [0, 0.1) is 11.3 Å². The summed E-state index contributed by atoms with van der Waals surface area (Å²) in [6, 6.07) is 9.08. The molecule has 1 aliphatic carbocycles. The molecule has 19 heavy (non-hydrogen) atoms. The summed E-state index contributed by atoms with van der Waals surface area (Å²) in [5.74, 6) is 1.04. The van der Waals surface area contributed by atoms with E-state index in [4.69, 9.17) is 11.0 Å². The van der Waals surface area contributed by atoms with Crippen molar-refractivity contribution in [3.8, 4) is 6.07 Å². The minimum Gasteiger partial charge on any atom is -0.313 e. The smallest absolute Gasteiger partial charge is 0.104 e. The first-order chi connectivity index (χ1) is 9.17. The summed E-state index contributed by atoms with van der Waals surface area (Å²) in [5, 5.41) is 9.03. The number of rotatable bonds is 6. The molecule has 0 saturated carbocycles. The second kappa shape index (κ2) is 6.45. The van der Waals surface area contributed by atoms with Crippen molar-refractivity contribution >= 4 is 11.8 Å². The molecule has 0 heterocycles. The average molecular weight is 274 g/mol. The van der Waals surface area contributed by atoms with Gasteiger partial charge in [0.2, 0.25) is 0 Å². The second-order valence-corrected chi connectivity index (χ2v) is 6.53.